The third-order valence-electron chi connectivity index (χ3n) is 8.97. The summed E-state index contributed by atoms with van der Waals surface area (Å²) in [6.45, 7) is 9.05. The Labute approximate surface area is 320 Å². The SMILES string of the molecule is CCCCCCOc1ccc(-c2cnc(-c3ccc(CC(NC(=O)c4ccc(C(C)(C)C)s4)C(=O)NC(C(=O)O)C(O)c4ccccc4)cc3)nc2)cc1. The summed E-state index contributed by atoms with van der Waals surface area (Å²) < 4.78 is 5.86. The summed E-state index contributed by atoms with van der Waals surface area (Å²) in [4.78, 5) is 50.0. The molecule has 2 heterocycles. The first-order chi connectivity index (χ1) is 25.9. The zero-order valence-corrected chi connectivity index (χ0v) is 31.9. The molecule has 3 unspecified atom stereocenters. The van der Waals surface area contributed by atoms with Gasteiger partial charge in [-0.25, -0.2) is 14.8 Å². The monoisotopic (exact) mass is 748 g/mol. The molecule has 11 heteroatoms. The van der Waals surface area contributed by atoms with Gasteiger partial charge in [0.05, 0.1) is 11.5 Å². The van der Waals surface area contributed by atoms with Crippen LogP contribution in [0.5, 0.6) is 5.75 Å². The van der Waals surface area contributed by atoms with Crippen LogP contribution in [-0.4, -0.2) is 56.7 Å². The number of aliphatic hydroxyl groups is 1. The van der Waals surface area contributed by atoms with E-state index in [-0.39, 0.29) is 11.8 Å². The van der Waals surface area contributed by atoms with Gasteiger partial charge in [-0.05, 0) is 52.8 Å². The third kappa shape index (κ3) is 10.8. The number of amides is 2. The standard InChI is InChI=1S/C43H48N4O6S/c1-5-6-7-11-24-53-33-20-18-29(19-21-33)32-26-44-39(45-27-32)31-16-14-28(15-17-31)25-34(46-41(50)35-22-23-36(54-35)43(2,3)4)40(49)47-37(42(51)52)38(48)30-12-9-8-10-13-30/h8-10,12-23,26-27,34,37-38,48H,5-7,11,24-25H2,1-4H3,(H,46,50)(H,47,49)(H,51,52). The lowest BCUT2D eigenvalue weighted by Crippen LogP contribution is -2.54. The van der Waals surface area contributed by atoms with Gasteiger partial charge in [0.1, 0.15) is 17.9 Å². The number of ether oxygens (including phenoxy) is 1. The number of nitrogens with zero attached hydrogens (tertiary/aromatic N) is 2. The fraction of sp³-hybridized carbons (Fsp3) is 0.326. The van der Waals surface area contributed by atoms with Crippen molar-refractivity contribution in [1.82, 2.24) is 20.6 Å². The fourth-order valence-electron chi connectivity index (χ4n) is 5.79. The van der Waals surface area contributed by atoms with Gasteiger partial charge < -0.3 is 25.6 Å². The number of aromatic nitrogens is 2. The third-order valence-corrected chi connectivity index (χ3v) is 10.5. The van der Waals surface area contributed by atoms with Gasteiger partial charge in [-0.15, -0.1) is 11.3 Å². The molecule has 3 atom stereocenters. The molecule has 0 radical (unpaired) electrons. The Morgan fingerprint density at radius 3 is 2.07 bits per heavy atom. The second-order valence-electron chi connectivity index (χ2n) is 14.2. The van der Waals surface area contributed by atoms with Crippen LogP contribution >= 0.6 is 11.3 Å². The normalized spacial score (nSPS) is 13.1. The molecule has 2 aromatic heterocycles. The van der Waals surface area contributed by atoms with Crippen LogP contribution in [0.2, 0.25) is 0 Å². The van der Waals surface area contributed by atoms with Crippen LogP contribution in [0.4, 0.5) is 0 Å². The van der Waals surface area contributed by atoms with E-state index in [4.69, 9.17) is 4.74 Å². The van der Waals surface area contributed by atoms with Crippen LogP contribution in [0, 0.1) is 0 Å². The van der Waals surface area contributed by atoms with Crippen LogP contribution < -0.4 is 15.4 Å². The molecule has 10 nitrogen and oxygen atoms in total. The van der Waals surface area contributed by atoms with Gasteiger partial charge in [0.2, 0.25) is 5.91 Å². The second kappa shape index (κ2) is 18.6. The molecule has 54 heavy (non-hydrogen) atoms. The lowest BCUT2D eigenvalue weighted by molar-refractivity contribution is -0.145. The summed E-state index contributed by atoms with van der Waals surface area (Å²) in [7, 11) is 0. The van der Waals surface area contributed by atoms with E-state index in [0.29, 0.717) is 28.4 Å². The van der Waals surface area contributed by atoms with E-state index in [0.717, 1.165) is 33.7 Å². The molecule has 0 fully saturated rings. The van der Waals surface area contributed by atoms with Crippen molar-refractivity contribution in [3.63, 3.8) is 0 Å². The van der Waals surface area contributed by atoms with Crippen molar-refractivity contribution in [2.45, 2.75) is 83.4 Å². The molecule has 2 amide bonds. The molecule has 282 valence electrons. The summed E-state index contributed by atoms with van der Waals surface area (Å²) in [5.74, 6) is -1.26. The molecule has 0 spiro atoms. The number of nitrogens with one attached hydrogen (secondary N) is 2. The Hall–Kier alpha value is -5.39. The highest BCUT2D eigenvalue weighted by Gasteiger charge is 2.33. The van der Waals surface area contributed by atoms with Gasteiger partial charge >= 0.3 is 5.97 Å². The average Bonchev–Trinajstić information content (AvgIpc) is 3.69. The van der Waals surface area contributed by atoms with Gasteiger partial charge in [0.25, 0.3) is 5.91 Å². The van der Waals surface area contributed by atoms with Crippen molar-refractivity contribution in [1.29, 1.82) is 0 Å². The maximum Gasteiger partial charge on any atom is 0.329 e. The van der Waals surface area contributed by atoms with Crippen molar-refractivity contribution in [3.8, 4) is 28.3 Å². The molecule has 5 aromatic rings. The largest absolute Gasteiger partial charge is 0.494 e. The number of thiophene rings is 1. The lowest BCUT2D eigenvalue weighted by atomic mass is 9.95. The Bertz CT molecular complexity index is 1970. The number of carbonyl (C=O) groups excluding carboxylic acids is 2. The molecule has 5 rings (SSSR count). The number of aliphatic hydroxyl groups excluding tert-OH is 1. The maximum absolute atomic E-state index is 13.7. The Kier molecular flexibility index (Phi) is 13.7. The van der Waals surface area contributed by atoms with Crippen molar-refractivity contribution in [3.05, 3.63) is 124 Å². The van der Waals surface area contributed by atoms with Crippen LogP contribution in [0.25, 0.3) is 22.5 Å². The molecule has 3 aromatic carbocycles. The topological polar surface area (TPSA) is 151 Å². The maximum atomic E-state index is 13.7. The van der Waals surface area contributed by atoms with Crippen molar-refractivity contribution >= 4 is 29.1 Å². The van der Waals surface area contributed by atoms with E-state index in [1.54, 1.807) is 48.8 Å². The van der Waals surface area contributed by atoms with Gasteiger partial charge in [-0.3, -0.25) is 9.59 Å². The average molecular weight is 749 g/mol. The first-order valence-electron chi connectivity index (χ1n) is 18.2. The Morgan fingerprint density at radius 2 is 1.46 bits per heavy atom. The number of hydrogen-bond acceptors (Lipinski definition) is 8. The number of benzene rings is 3. The number of carboxylic acids is 1. The van der Waals surface area contributed by atoms with Crippen LogP contribution in [0.3, 0.4) is 0 Å². The molecule has 0 saturated heterocycles. The number of unbranched alkanes of at least 4 members (excludes halogenated alkanes) is 3. The molecule has 0 aliphatic heterocycles. The molecule has 4 N–H and O–H groups in total. The minimum absolute atomic E-state index is 0.0569. The summed E-state index contributed by atoms with van der Waals surface area (Å²) in [6, 6.07) is 24.2. The van der Waals surface area contributed by atoms with E-state index in [2.05, 4.69) is 48.3 Å². The predicted octanol–water partition coefficient (Wildman–Crippen LogP) is 7.77. The number of rotatable bonds is 17. The highest BCUT2D eigenvalue weighted by Crippen LogP contribution is 2.30. The fourth-order valence-corrected chi connectivity index (χ4v) is 6.76. The molecular formula is C43H48N4O6S. The molecule has 0 saturated carbocycles. The highest BCUT2D eigenvalue weighted by molar-refractivity contribution is 7.14. The molecule has 0 bridgehead atoms. The minimum atomic E-state index is -1.65. The number of hydrogen-bond donors (Lipinski definition) is 4. The predicted molar refractivity (Wildman–Crippen MR) is 211 cm³/mol. The number of carboxylic acid groups (broad SMARTS) is 1. The van der Waals surface area contributed by atoms with E-state index < -0.39 is 36.0 Å². The van der Waals surface area contributed by atoms with Gasteiger partial charge in [0, 0.05) is 34.8 Å². The molecular weight excluding hydrogens is 701 g/mol. The lowest BCUT2D eigenvalue weighted by Gasteiger charge is -2.24. The quantitative estimate of drug-likeness (QED) is 0.0705. The highest BCUT2D eigenvalue weighted by atomic mass is 32.1. The van der Waals surface area contributed by atoms with Gasteiger partial charge in [-0.1, -0.05) is 114 Å². The zero-order chi connectivity index (χ0) is 38.7. The first kappa shape index (κ1) is 39.8. The number of aliphatic carboxylic acids is 1. The van der Waals surface area contributed by atoms with Crippen molar-refractivity contribution in [2.24, 2.45) is 0 Å². The van der Waals surface area contributed by atoms with Gasteiger partial charge in [0.15, 0.2) is 11.9 Å². The van der Waals surface area contributed by atoms with Crippen LogP contribution in [0.15, 0.2) is 103 Å². The second-order valence-corrected chi connectivity index (χ2v) is 15.3. The van der Waals surface area contributed by atoms with Crippen molar-refractivity contribution < 1.29 is 29.3 Å². The van der Waals surface area contributed by atoms with Gasteiger partial charge in [-0.2, -0.15) is 0 Å². The number of carbonyl (C=O) groups is 3. The molecule has 0 aliphatic carbocycles. The molecule has 0 aliphatic rings. The Balaban J connectivity index is 1.29. The van der Waals surface area contributed by atoms with Crippen LogP contribution in [0.1, 0.15) is 85.2 Å². The van der Waals surface area contributed by atoms with E-state index in [1.165, 1.54) is 30.6 Å². The van der Waals surface area contributed by atoms with E-state index in [9.17, 15) is 24.6 Å². The van der Waals surface area contributed by atoms with E-state index >= 15 is 0 Å². The van der Waals surface area contributed by atoms with E-state index in [1.807, 2.05) is 54.6 Å². The minimum Gasteiger partial charge on any atom is -0.494 e. The van der Waals surface area contributed by atoms with Crippen molar-refractivity contribution in [2.75, 3.05) is 6.61 Å². The summed E-state index contributed by atoms with van der Waals surface area (Å²) in [5, 5.41) is 26.1. The smallest absolute Gasteiger partial charge is 0.329 e. The van der Waals surface area contributed by atoms with Crippen LogP contribution in [-0.2, 0) is 21.4 Å². The Morgan fingerprint density at radius 1 is 0.796 bits per heavy atom. The summed E-state index contributed by atoms with van der Waals surface area (Å²) in [6.07, 6.45) is 6.70. The summed E-state index contributed by atoms with van der Waals surface area (Å²) in [5.41, 5.74) is 3.48. The summed E-state index contributed by atoms with van der Waals surface area (Å²) >= 11 is 1.34. The zero-order valence-electron chi connectivity index (χ0n) is 31.1. The first-order valence-corrected chi connectivity index (χ1v) is 19.1.